The van der Waals surface area contributed by atoms with E-state index in [-0.39, 0.29) is 29.3 Å². The van der Waals surface area contributed by atoms with Crippen molar-refractivity contribution in [2.75, 3.05) is 0 Å². The van der Waals surface area contributed by atoms with Crippen LogP contribution in [0.15, 0.2) is 6.07 Å². The van der Waals surface area contributed by atoms with E-state index in [1.54, 1.807) is 12.1 Å². The van der Waals surface area contributed by atoms with Gasteiger partial charge in [-0.15, -0.1) is 11.6 Å². The van der Waals surface area contributed by atoms with Crippen LogP contribution in [-0.2, 0) is 12.3 Å². The molecule has 0 fully saturated rings. The van der Waals surface area contributed by atoms with Crippen molar-refractivity contribution >= 4 is 11.6 Å². The van der Waals surface area contributed by atoms with Crippen LogP contribution >= 0.6 is 11.6 Å². The van der Waals surface area contributed by atoms with Gasteiger partial charge in [0, 0.05) is 5.56 Å². The lowest BCUT2D eigenvalue weighted by Crippen LogP contribution is -2.03. The average Bonchev–Trinajstić information content (AvgIpc) is 2.28. The maximum atomic E-state index is 12.6. The van der Waals surface area contributed by atoms with Gasteiger partial charge in [-0.3, -0.25) is 4.98 Å². The predicted octanol–water partition coefficient (Wildman–Crippen LogP) is 2.70. The molecule has 0 aliphatic rings. The van der Waals surface area contributed by atoms with E-state index in [0.717, 1.165) is 6.07 Å². The first-order valence-electron chi connectivity index (χ1n) is 4.27. The van der Waals surface area contributed by atoms with Gasteiger partial charge in [-0.1, -0.05) is 0 Å². The highest BCUT2D eigenvalue weighted by Crippen LogP contribution is 2.26. The van der Waals surface area contributed by atoms with Crippen LogP contribution in [-0.4, -0.2) is 4.98 Å². The summed E-state index contributed by atoms with van der Waals surface area (Å²) in [6, 6.07) is 4.53. The van der Waals surface area contributed by atoms with E-state index in [9.17, 15) is 8.78 Å². The third-order valence-electron chi connectivity index (χ3n) is 1.91. The van der Waals surface area contributed by atoms with Crippen LogP contribution in [0.1, 0.15) is 28.9 Å². The molecule has 1 rings (SSSR count). The highest BCUT2D eigenvalue weighted by atomic mass is 35.5. The third kappa shape index (κ3) is 2.44. The van der Waals surface area contributed by atoms with Crippen LogP contribution in [0.2, 0.25) is 0 Å². The quantitative estimate of drug-likeness (QED) is 0.765. The number of hydrogen-bond donors (Lipinski definition) is 0. The minimum Gasteiger partial charge on any atom is -0.254 e. The predicted molar refractivity (Wildman–Crippen MR) is 52.8 cm³/mol. The van der Waals surface area contributed by atoms with E-state index in [1.807, 2.05) is 0 Å². The molecule has 0 N–H and O–H groups in total. The Morgan fingerprint density at radius 2 is 2.12 bits per heavy atom. The van der Waals surface area contributed by atoms with Crippen LogP contribution in [0, 0.1) is 22.7 Å². The number of pyridine rings is 1. The fourth-order valence-corrected chi connectivity index (χ4v) is 1.44. The van der Waals surface area contributed by atoms with E-state index < -0.39 is 12.0 Å². The van der Waals surface area contributed by atoms with Gasteiger partial charge in [0.15, 0.2) is 0 Å². The van der Waals surface area contributed by atoms with E-state index in [4.69, 9.17) is 22.1 Å². The van der Waals surface area contributed by atoms with Gasteiger partial charge in [0.2, 0.25) is 0 Å². The SMILES string of the molecule is N#CCc1cc(C(F)F)c(C#N)c(CCl)n1. The Balaban J connectivity index is 3.40. The monoisotopic (exact) mass is 241 g/mol. The summed E-state index contributed by atoms with van der Waals surface area (Å²) in [6.45, 7) is 0. The lowest BCUT2D eigenvalue weighted by Gasteiger charge is -2.08. The molecule has 16 heavy (non-hydrogen) atoms. The third-order valence-corrected chi connectivity index (χ3v) is 2.16. The van der Waals surface area contributed by atoms with Crippen LogP contribution in [0.25, 0.3) is 0 Å². The zero-order valence-electron chi connectivity index (χ0n) is 8.04. The first kappa shape index (κ1) is 12.4. The van der Waals surface area contributed by atoms with Gasteiger partial charge >= 0.3 is 0 Å². The Morgan fingerprint density at radius 1 is 1.44 bits per heavy atom. The van der Waals surface area contributed by atoms with Crippen molar-refractivity contribution < 1.29 is 8.78 Å². The topological polar surface area (TPSA) is 60.5 Å². The Hall–Kier alpha value is -1.72. The molecule has 82 valence electrons. The second kappa shape index (κ2) is 5.39. The molecule has 1 aromatic heterocycles. The molecule has 0 saturated carbocycles. The second-order valence-electron chi connectivity index (χ2n) is 2.91. The molecule has 0 bridgehead atoms. The van der Waals surface area contributed by atoms with Crippen LogP contribution in [0.4, 0.5) is 8.78 Å². The number of nitriles is 2. The first-order chi connectivity index (χ1) is 7.63. The summed E-state index contributed by atoms with van der Waals surface area (Å²) in [6.07, 6.45) is -2.87. The minimum absolute atomic E-state index is 0.0880. The van der Waals surface area contributed by atoms with Crippen molar-refractivity contribution in [2.45, 2.75) is 18.7 Å². The summed E-state index contributed by atoms with van der Waals surface area (Å²) >= 11 is 5.52. The molecule has 0 saturated heterocycles. The van der Waals surface area contributed by atoms with Gasteiger partial charge in [-0.2, -0.15) is 10.5 Å². The van der Waals surface area contributed by atoms with Gasteiger partial charge in [0.05, 0.1) is 35.3 Å². The second-order valence-corrected chi connectivity index (χ2v) is 3.17. The van der Waals surface area contributed by atoms with E-state index >= 15 is 0 Å². The molecular formula is C10H6ClF2N3. The molecule has 0 atom stereocenters. The number of hydrogen-bond acceptors (Lipinski definition) is 3. The normalized spacial score (nSPS) is 9.88. The fraction of sp³-hybridized carbons (Fsp3) is 0.300. The summed E-state index contributed by atoms with van der Waals surface area (Å²) in [7, 11) is 0. The molecule has 6 heteroatoms. The molecule has 0 unspecified atom stereocenters. The van der Waals surface area contributed by atoms with Crippen LogP contribution < -0.4 is 0 Å². The van der Waals surface area contributed by atoms with Crippen molar-refractivity contribution in [3.05, 3.63) is 28.6 Å². The highest BCUT2D eigenvalue weighted by Gasteiger charge is 2.18. The van der Waals surface area contributed by atoms with Crippen LogP contribution in [0.5, 0.6) is 0 Å². The summed E-state index contributed by atoms with van der Waals surface area (Å²) in [5.41, 5.74) is -0.329. The standard InChI is InChI=1S/C10H6ClF2N3/c11-4-9-8(5-15)7(10(12)13)3-6(16-9)1-2-14/h3,10H,1,4H2. The van der Waals surface area contributed by atoms with Gasteiger partial charge < -0.3 is 0 Å². The van der Waals surface area contributed by atoms with Gasteiger partial charge in [0.1, 0.15) is 6.07 Å². The Bertz CT molecular complexity index is 474. The van der Waals surface area contributed by atoms with Gasteiger partial charge in [0.25, 0.3) is 6.43 Å². The molecule has 0 amide bonds. The molecule has 1 aromatic rings. The van der Waals surface area contributed by atoms with Gasteiger partial charge in [-0.25, -0.2) is 8.78 Å². The zero-order chi connectivity index (χ0) is 12.1. The van der Waals surface area contributed by atoms with E-state index in [2.05, 4.69) is 4.98 Å². The lowest BCUT2D eigenvalue weighted by molar-refractivity contribution is 0.150. The number of aromatic nitrogens is 1. The molecule has 0 aromatic carbocycles. The molecule has 0 radical (unpaired) electrons. The lowest BCUT2D eigenvalue weighted by atomic mass is 10.1. The average molecular weight is 242 g/mol. The number of rotatable bonds is 3. The molecule has 3 nitrogen and oxygen atoms in total. The Morgan fingerprint density at radius 3 is 2.56 bits per heavy atom. The van der Waals surface area contributed by atoms with E-state index in [0.29, 0.717) is 0 Å². The molecule has 0 spiro atoms. The van der Waals surface area contributed by atoms with Crippen LogP contribution in [0.3, 0.4) is 0 Å². The smallest absolute Gasteiger partial charge is 0.254 e. The zero-order valence-corrected chi connectivity index (χ0v) is 8.80. The largest absolute Gasteiger partial charge is 0.265 e. The van der Waals surface area contributed by atoms with Crippen molar-refractivity contribution in [1.82, 2.24) is 4.98 Å². The summed E-state index contributed by atoms with van der Waals surface area (Å²) in [4.78, 5) is 3.88. The molecular weight excluding hydrogens is 236 g/mol. The number of halogens is 3. The minimum atomic E-state index is -2.78. The maximum Gasteiger partial charge on any atom is 0.265 e. The van der Waals surface area contributed by atoms with Crippen molar-refractivity contribution in [2.24, 2.45) is 0 Å². The number of alkyl halides is 3. The Labute approximate surface area is 95.9 Å². The fourth-order valence-electron chi connectivity index (χ4n) is 1.25. The highest BCUT2D eigenvalue weighted by molar-refractivity contribution is 6.17. The Kier molecular flexibility index (Phi) is 4.16. The van der Waals surface area contributed by atoms with Crippen molar-refractivity contribution in [3.63, 3.8) is 0 Å². The summed E-state index contributed by atoms with van der Waals surface area (Å²) in [5.74, 6) is -0.137. The first-order valence-corrected chi connectivity index (χ1v) is 4.81. The van der Waals surface area contributed by atoms with E-state index in [1.165, 1.54) is 0 Å². The molecule has 1 heterocycles. The number of nitrogens with zero attached hydrogens (tertiary/aromatic N) is 3. The maximum absolute atomic E-state index is 12.6. The summed E-state index contributed by atoms with van der Waals surface area (Å²) in [5, 5.41) is 17.2. The molecule has 0 aliphatic heterocycles. The van der Waals surface area contributed by atoms with Crippen molar-refractivity contribution in [3.8, 4) is 12.1 Å². The van der Waals surface area contributed by atoms with Crippen molar-refractivity contribution in [1.29, 1.82) is 10.5 Å². The van der Waals surface area contributed by atoms with Gasteiger partial charge in [-0.05, 0) is 6.07 Å². The summed E-state index contributed by atoms with van der Waals surface area (Å²) < 4.78 is 25.3. The molecule has 0 aliphatic carbocycles.